The lowest BCUT2D eigenvalue weighted by molar-refractivity contribution is 0.459. The van der Waals surface area contributed by atoms with Crippen LogP contribution in [0.1, 0.15) is 11.1 Å². The van der Waals surface area contributed by atoms with Crippen LogP contribution in [0.2, 0.25) is 0 Å². The normalized spacial score (nSPS) is 9.94. The first-order chi connectivity index (χ1) is 8.16. The Kier molecular flexibility index (Phi) is 3.35. The summed E-state index contributed by atoms with van der Waals surface area (Å²) in [5.41, 5.74) is 7.29. The number of hydrogen-bond donors (Lipinski definition) is 1. The first-order valence-corrected chi connectivity index (χ1v) is 5.57. The van der Waals surface area contributed by atoms with E-state index in [9.17, 15) is 0 Å². The van der Waals surface area contributed by atoms with E-state index in [0.717, 1.165) is 16.9 Å². The van der Waals surface area contributed by atoms with Crippen molar-refractivity contribution in [1.29, 1.82) is 0 Å². The smallest absolute Gasteiger partial charge is 0.219 e. The van der Waals surface area contributed by atoms with Crippen LogP contribution in [-0.2, 0) is 0 Å². The van der Waals surface area contributed by atoms with E-state index < -0.39 is 0 Å². The van der Waals surface area contributed by atoms with Crippen LogP contribution < -0.4 is 10.5 Å². The van der Waals surface area contributed by atoms with Gasteiger partial charge in [0.2, 0.25) is 5.88 Å². The lowest BCUT2D eigenvalue weighted by atomic mass is 10.2. The topological polar surface area (TPSA) is 48.1 Å². The van der Waals surface area contributed by atoms with E-state index in [1.54, 1.807) is 18.3 Å². The molecule has 0 aliphatic rings. The molecule has 0 bridgehead atoms. The largest absolute Gasteiger partial charge is 0.439 e. The summed E-state index contributed by atoms with van der Waals surface area (Å²) in [5, 5.41) is 0. The van der Waals surface area contributed by atoms with Crippen molar-refractivity contribution < 1.29 is 4.74 Å². The van der Waals surface area contributed by atoms with Gasteiger partial charge in [-0.25, -0.2) is 4.98 Å². The van der Waals surface area contributed by atoms with Crippen molar-refractivity contribution in [3.63, 3.8) is 0 Å². The molecular weight excluding hydrogens is 232 g/mol. The lowest BCUT2D eigenvalue weighted by Gasteiger charge is -2.07. The van der Waals surface area contributed by atoms with Crippen LogP contribution in [0, 0.1) is 6.92 Å². The maximum absolute atomic E-state index is 5.65. The highest BCUT2D eigenvalue weighted by atomic mass is 32.1. The van der Waals surface area contributed by atoms with Gasteiger partial charge in [0.1, 0.15) is 10.7 Å². The van der Waals surface area contributed by atoms with Gasteiger partial charge >= 0.3 is 0 Å². The fourth-order valence-electron chi connectivity index (χ4n) is 1.37. The van der Waals surface area contributed by atoms with Crippen LogP contribution in [0.3, 0.4) is 0 Å². The Morgan fingerprint density at radius 1 is 1.24 bits per heavy atom. The summed E-state index contributed by atoms with van der Waals surface area (Å²) in [6.45, 7) is 1.98. The number of nitrogens with two attached hydrogens (primary N) is 1. The molecule has 4 heteroatoms. The molecule has 2 N–H and O–H groups in total. The molecule has 0 spiro atoms. The first kappa shape index (κ1) is 11.5. The number of rotatable bonds is 3. The molecule has 0 radical (unpaired) electrons. The zero-order chi connectivity index (χ0) is 12.3. The Balaban J connectivity index is 2.20. The molecule has 0 saturated heterocycles. The van der Waals surface area contributed by atoms with Gasteiger partial charge in [0.05, 0.1) is 0 Å². The summed E-state index contributed by atoms with van der Waals surface area (Å²) in [7, 11) is 0. The van der Waals surface area contributed by atoms with Crippen molar-refractivity contribution in [2.45, 2.75) is 6.92 Å². The van der Waals surface area contributed by atoms with Gasteiger partial charge in [-0.2, -0.15) is 0 Å². The highest BCUT2D eigenvalue weighted by Gasteiger charge is 2.02. The third kappa shape index (κ3) is 2.79. The SMILES string of the molecule is Cc1ccccc1Oc1ccc(C(N)=S)cn1. The molecule has 1 aromatic heterocycles. The van der Waals surface area contributed by atoms with E-state index in [2.05, 4.69) is 4.98 Å². The predicted molar refractivity (Wildman–Crippen MR) is 71.4 cm³/mol. The third-order valence-corrected chi connectivity index (χ3v) is 2.56. The molecule has 2 rings (SSSR count). The van der Waals surface area contributed by atoms with Crippen molar-refractivity contribution in [2.75, 3.05) is 0 Å². The average molecular weight is 244 g/mol. The second-order valence-corrected chi connectivity index (χ2v) is 4.06. The molecular formula is C13H12N2OS. The van der Waals surface area contributed by atoms with Gasteiger partial charge in [-0.15, -0.1) is 0 Å². The molecule has 0 aliphatic heterocycles. The molecule has 0 amide bonds. The van der Waals surface area contributed by atoms with Crippen LogP contribution in [0.15, 0.2) is 42.6 Å². The summed E-state index contributed by atoms with van der Waals surface area (Å²) in [4.78, 5) is 4.48. The molecule has 0 aliphatic carbocycles. The lowest BCUT2D eigenvalue weighted by Crippen LogP contribution is -2.09. The monoisotopic (exact) mass is 244 g/mol. The summed E-state index contributed by atoms with van der Waals surface area (Å²) in [5.74, 6) is 1.32. The van der Waals surface area contributed by atoms with Gasteiger partial charge in [-0.05, 0) is 24.6 Å². The standard InChI is InChI=1S/C13H12N2OS/c1-9-4-2-3-5-11(9)16-12-7-6-10(8-15-12)13(14)17/h2-8H,1H3,(H2,14,17). The zero-order valence-electron chi connectivity index (χ0n) is 9.38. The fraction of sp³-hybridized carbons (Fsp3) is 0.0769. The predicted octanol–water partition coefficient (Wildman–Crippen LogP) is 2.82. The van der Waals surface area contributed by atoms with Crippen LogP contribution in [0.25, 0.3) is 0 Å². The molecule has 0 fully saturated rings. The minimum absolute atomic E-state index is 0.333. The highest BCUT2D eigenvalue weighted by Crippen LogP contribution is 2.22. The number of hydrogen-bond acceptors (Lipinski definition) is 3. The van der Waals surface area contributed by atoms with Gasteiger partial charge in [-0.1, -0.05) is 30.4 Å². The molecule has 1 heterocycles. The minimum atomic E-state index is 0.333. The van der Waals surface area contributed by atoms with E-state index in [0.29, 0.717) is 10.9 Å². The summed E-state index contributed by atoms with van der Waals surface area (Å²) in [6.07, 6.45) is 1.61. The number of aromatic nitrogens is 1. The van der Waals surface area contributed by atoms with Gasteiger partial charge in [-0.3, -0.25) is 0 Å². The van der Waals surface area contributed by atoms with Gasteiger partial charge < -0.3 is 10.5 Å². The zero-order valence-corrected chi connectivity index (χ0v) is 10.2. The second-order valence-electron chi connectivity index (χ2n) is 3.62. The summed E-state index contributed by atoms with van der Waals surface area (Å²) < 4.78 is 5.65. The molecule has 86 valence electrons. The Labute approximate surface area is 105 Å². The fourth-order valence-corrected chi connectivity index (χ4v) is 1.49. The maximum atomic E-state index is 5.65. The van der Waals surface area contributed by atoms with Crippen LogP contribution in [0.4, 0.5) is 0 Å². The molecule has 0 saturated carbocycles. The Bertz CT molecular complexity index is 537. The van der Waals surface area contributed by atoms with Gasteiger partial charge in [0.15, 0.2) is 0 Å². The Hall–Kier alpha value is -1.94. The van der Waals surface area contributed by atoms with Crippen molar-refractivity contribution in [3.8, 4) is 11.6 Å². The number of nitrogens with zero attached hydrogens (tertiary/aromatic N) is 1. The number of benzene rings is 1. The molecule has 2 aromatic rings. The number of pyridine rings is 1. The summed E-state index contributed by atoms with van der Waals surface area (Å²) >= 11 is 4.85. The van der Waals surface area contributed by atoms with Crippen molar-refractivity contribution >= 4 is 17.2 Å². The van der Waals surface area contributed by atoms with Crippen molar-refractivity contribution in [3.05, 3.63) is 53.7 Å². The summed E-state index contributed by atoms with van der Waals surface area (Å²) in [6, 6.07) is 11.3. The van der Waals surface area contributed by atoms with E-state index in [-0.39, 0.29) is 0 Å². The van der Waals surface area contributed by atoms with E-state index in [1.165, 1.54) is 0 Å². The highest BCUT2D eigenvalue weighted by molar-refractivity contribution is 7.80. The van der Waals surface area contributed by atoms with Crippen LogP contribution >= 0.6 is 12.2 Å². The van der Waals surface area contributed by atoms with E-state index in [1.807, 2.05) is 31.2 Å². The van der Waals surface area contributed by atoms with Gasteiger partial charge in [0.25, 0.3) is 0 Å². The van der Waals surface area contributed by atoms with Crippen molar-refractivity contribution in [1.82, 2.24) is 4.98 Å². The van der Waals surface area contributed by atoms with Crippen LogP contribution in [-0.4, -0.2) is 9.97 Å². The first-order valence-electron chi connectivity index (χ1n) is 5.16. The maximum Gasteiger partial charge on any atom is 0.219 e. The third-order valence-electron chi connectivity index (χ3n) is 2.33. The second kappa shape index (κ2) is 4.93. The van der Waals surface area contributed by atoms with Crippen LogP contribution in [0.5, 0.6) is 11.6 Å². The molecule has 0 atom stereocenters. The molecule has 1 aromatic carbocycles. The average Bonchev–Trinajstić information content (AvgIpc) is 2.33. The van der Waals surface area contributed by atoms with Gasteiger partial charge in [0, 0.05) is 17.8 Å². The number of ether oxygens (including phenoxy) is 1. The Morgan fingerprint density at radius 2 is 2.00 bits per heavy atom. The minimum Gasteiger partial charge on any atom is -0.439 e. The number of aryl methyl sites for hydroxylation is 1. The number of para-hydroxylation sites is 1. The van der Waals surface area contributed by atoms with E-state index >= 15 is 0 Å². The van der Waals surface area contributed by atoms with E-state index in [4.69, 9.17) is 22.7 Å². The quantitative estimate of drug-likeness (QED) is 0.843. The molecule has 17 heavy (non-hydrogen) atoms. The molecule has 3 nitrogen and oxygen atoms in total. The molecule has 0 unspecified atom stereocenters. The number of thiocarbonyl (C=S) groups is 1. The Morgan fingerprint density at radius 3 is 2.59 bits per heavy atom. The van der Waals surface area contributed by atoms with Crippen molar-refractivity contribution in [2.24, 2.45) is 5.73 Å².